The number of nitrogens with zero attached hydrogens (tertiary/aromatic N) is 1. The summed E-state index contributed by atoms with van der Waals surface area (Å²) in [5.41, 5.74) is -0.325. The maximum Gasteiger partial charge on any atom is 0.329 e. The number of esters is 1. The Morgan fingerprint density at radius 3 is 2.26 bits per heavy atom. The van der Waals surface area contributed by atoms with E-state index in [-0.39, 0.29) is 28.6 Å². The molecule has 0 aromatic heterocycles. The molecule has 0 saturated carbocycles. The van der Waals surface area contributed by atoms with Crippen molar-refractivity contribution in [2.75, 3.05) is 13.7 Å². The normalized spacial score (nSPS) is 26.4. The van der Waals surface area contributed by atoms with Gasteiger partial charge in [0.2, 0.25) is 5.91 Å². The summed E-state index contributed by atoms with van der Waals surface area (Å²) in [6.07, 6.45) is 0.448. The van der Waals surface area contributed by atoms with Crippen LogP contribution in [0.15, 0.2) is 0 Å². The topological polar surface area (TPSA) is 46.6 Å². The third-order valence-electron chi connectivity index (χ3n) is 4.18. The smallest absolute Gasteiger partial charge is 0.329 e. The van der Waals surface area contributed by atoms with E-state index in [1.54, 1.807) is 4.90 Å². The fraction of sp³-hybridized carbons (Fsp3) is 0.867. The molecule has 110 valence electrons. The first kappa shape index (κ1) is 16.0. The Kier molecular flexibility index (Phi) is 4.33. The number of ether oxygens (including phenoxy) is 1. The van der Waals surface area contributed by atoms with Crippen molar-refractivity contribution in [3.8, 4) is 0 Å². The van der Waals surface area contributed by atoms with Crippen molar-refractivity contribution in [2.24, 2.45) is 16.7 Å². The van der Waals surface area contributed by atoms with Gasteiger partial charge in [0.25, 0.3) is 0 Å². The highest BCUT2D eigenvalue weighted by atomic mass is 16.5. The zero-order valence-corrected chi connectivity index (χ0v) is 13.2. The number of likely N-dealkylation sites (tertiary alicyclic amines) is 1. The molecule has 1 aliphatic heterocycles. The maximum atomic E-state index is 12.4. The van der Waals surface area contributed by atoms with Crippen LogP contribution < -0.4 is 0 Å². The zero-order chi connectivity index (χ0) is 15.0. The molecule has 19 heavy (non-hydrogen) atoms. The molecule has 1 amide bonds. The van der Waals surface area contributed by atoms with Gasteiger partial charge < -0.3 is 9.64 Å². The van der Waals surface area contributed by atoms with E-state index in [1.165, 1.54) is 7.11 Å². The summed E-state index contributed by atoms with van der Waals surface area (Å²) < 4.78 is 4.90. The van der Waals surface area contributed by atoms with Gasteiger partial charge in [-0.3, -0.25) is 4.79 Å². The first-order valence-corrected chi connectivity index (χ1v) is 6.88. The molecular weight excluding hydrogens is 242 g/mol. The van der Waals surface area contributed by atoms with E-state index in [1.807, 2.05) is 34.6 Å². The second-order valence-corrected chi connectivity index (χ2v) is 7.43. The molecule has 1 saturated heterocycles. The summed E-state index contributed by atoms with van der Waals surface area (Å²) in [4.78, 5) is 26.2. The average Bonchev–Trinajstić information content (AvgIpc) is 2.47. The van der Waals surface area contributed by atoms with Gasteiger partial charge in [0.15, 0.2) is 0 Å². The summed E-state index contributed by atoms with van der Waals surface area (Å²) in [6, 6.07) is -0.470. The van der Waals surface area contributed by atoms with Gasteiger partial charge in [0, 0.05) is 18.4 Å². The van der Waals surface area contributed by atoms with Crippen LogP contribution in [0, 0.1) is 16.7 Å². The highest BCUT2D eigenvalue weighted by Gasteiger charge is 2.52. The van der Waals surface area contributed by atoms with Crippen molar-refractivity contribution in [3.63, 3.8) is 0 Å². The minimum Gasteiger partial charge on any atom is -0.467 e. The fourth-order valence-corrected chi connectivity index (χ4v) is 2.65. The largest absolute Gasteiger partial charge is 0.467 e. The summed E-state index contributed by atoms with van der Waals surface area (Å²) >= 11 is 0. The molecule has 1 heterocycles. The number of carbonyl (C=O) groups is 2. The lowest BCUT2D eigenvalue weighted by atomic mass is 9.77. The Labute approximate surface area is 116 Å². The van der Waals surface area contributed by atoms with Crippen LogP contribution >= 0.6 is 0 Å². The lowest BCUT2D eigenvalue weighted by Crippen LogP contribution is -2.47. The molecule has 1 fully saturated rings. The first-order valence-electron chi connectivity index (χ1n) is 6.88. The number of methoxy groups -OCH3 is 1. The van der Waals surface area contributed by atoms with Gasteiger partial charge >= 0.3 is 5.97 Å². The van der Waals surface area contributed by atoms with Crippen LogP contribution in [0.5, 0.6) is 0 Å². The average molecular weight is 269 g/mol. The predicted molar refractivity (Wildman–Crippen MR) is 74.5 cm³/mol. The molecule has 1 rings (SSSR count). The first-order chi connectivity index (χ1) is 8.50. The molecule has 0 aliphatic carbocycles. The zero-order valence-electron chi connectivity index (χ0n) is 13.2. The van der Waals surface area contributed by atoms with E-state index in [4.69, 9.17) is 4.74 Å². The molecule has 0 spiro atoms. The van der Waals surface area contributed by atoms with Crippen molar-refractivity contribution in [2.45, 2.75) is 54.0 Å². The maximum absolute atomic E-state index is 12.4. The van der Waals surface area contributed by atoms with Crippen molar-refractivity contribution in [1.82, 2.24) is 4.90 Å². The second-order valence-electron chi connectivity index (χ2n) is 7.43. The van der Waals surface area contributed by atoms with Crippen LogP contribution in [0.1, 0.15) is 48.0 Å². The van der Waals surface area contributed by atoms with Gasteiger partial charge in [-0.1, -0.05) is 41.5 Å². The van der Waals surface area contributed by atoms with E-state index in [9.17, 15) is 9.59 Å². The van der Waals surface area contributed by atoms with Gasteiger partial charge in [0.05, 0.1) is 7.11 Å². The van der Waals surface area contributed by atoms with Crippen molar-refractivity contribution in [3.05, 3.63) is 0 Å². The summed E-state index contributed by atoms with van der Waals surface area (Å²) in [5, 5.41) is 0. The van der Waals surface area contributed by atoms with E-state index in [0.717, 1.165) is 0 Å². The van der Waals surface area contributed by atoms with Crippen LogP contribution in [0.2, 0.25) is 0 Å². The number of amides is 1. The Balaban J connectivity index is 2.99. The third-order valence-corrected chi connectivity index (χ3v) is 4.18. The lowest BCUT2D eigenvalue weighted by Gasteiger charge is -2.32. The summed E-state index contributed by atoms with van der Waals surface area (Å²) in [6.45, 7) is 12.9. The molecule has 1 unspecified atom stereocenters. The molecule has 1 aliphatic rings. The van der Waals surface area contributed by atoms with Gasteiger partial charge in [-0.15, -0.1) is 0 Å². The van der Waals surface area contributed by atoms with E-state index >= 15 is 0 Å². The number of rotatable bonds is 2. The Morgan fingerprint density at radius 2 is 1.84 bits per heavy atom. The molecule has 2 atom stereocenters. The molecular formula is C15H27NO3. The summed E-state index contributed by atoms with van der Waals surface area (Å²) in [5.74, 6) is 0.0115. The van der Waals surface area contributed by atoms with Crippen LogP contribution in [0.25, 0.3) is 0 Å². The summed E-state index contributed by atoms with van der Waals surface area (Å²) in [7, 11) is 1.38. The predicted octanol–water partition coefficient (Wildman–Crippen LogP) is 2.47. The van der Waals surface area contributed by atoms with Gasteiger partial charge in [-0.25, -0.2) is 4.79 Å². The molecule has 4 nitrogen and oxygen atoms in total. The Bertz CT molecular complexity index is 368. The van der Waals surface area contributed by atoms with Crippen LogP contribution in [0.3, 0.4) is 0 Å². The molecule has 0 bridgehead atoms. The van der Waals surface area contributed by atoms with Crippen LogP contribution in [0.4, 0.5) is 0 Å². The lowest BCUT2D eigenvalue weighted by molar-refractivity contribution is -0.154. The fourth-order valence-electron chi connectivity index (χ4n) is 2.65. The highest BCUT2D eigenvalue weighted by molar-refractivity contribution is 5.86. The van der Waals surface area contributed by atoms with Crippen LogP contribution in [-0.4, -0.2) is 36.5 Å². The number of carbonyl (C=O) groups excluding carboxylic acids is 2. The van der Waals surface area contributed by atoms with Gasteiger partial charge in [-0.05, 0) is 11.3 Å². The number of hydrogen-bond acceptors (Lipinski definition) is 3. The van der Waals surface area contributed by atoms with Crippen molar-refractivity contribution >= 4 is 11.9 Å². The minimum atomic E-state index is -0.470. The molecule has 0 N–H and O–H groups in total. The Morgan fingerprint density at radius 1 is 1.32 bits per heavy atom. The third kappa shape index (κ3) is 3.28. The SMILES string of the molecule is COC(=O)[C@H]1N(C(=O)CC(C)(C)C)CC(C)C1(C)C. The van der Waals surface area contributed by atoms with E-state index < -0.39 is 6.04 Å². The standard InChI is InChI=1S/C15H27NO3/c1-10-9-16(11(17)8-14(2,3)4)12(13(18)19-7)15(10,5)6/h10,12H,8-9H2,1-7H3/t10?,12-/m1/s1. The van der Waals surface area contributed by atoms with Gasteiger partial charge in [-0.2, -0.15) is 0 Å². The molecule has 0 radical (unpaired) electrons. The van der Waals surface area contributed by atoms with Crippen molar-refractivity contribution < 1.29 is 14.3 Å². The number of hydrogen-bond donors (Lipinski definition) is 0. The Hall–Kier alpha value is -1.06. The molecule has 0 aromatic carbocycles. The molecule has 0 aromatic rings. The quantitative estimate of drug-likeness (QED) is 0.723. The van der Waals surface area contributed by atoms with Gasteiger partial charge in [0.1, 0.15) is 6.04 Å². The second kappa shape index (κ2) is 5.14. The molecule has 4 heteroatoms. The van der Waals surface area contributed by atoms with Crippen LogP contribution in [-0.2, 0) is 14.3 Å². The highest BCUT2D eigenvalue weighted by Crippen LogP contribution is 2.42. The minimum absolute atomic E-state index is 0.0420. The van der Waals surface area contributed by atoms with E-state index in [2.05, 4.69) is 6.92 Å². The van der Waals surface area contributed by atoms with E-state index in [0.29, 0.717) is 13.0 Å². The monoisotopic (exact) mass is 269 g/mol. The van der Waals surface area contributed by atoms with Crippen molar-refractivity contribution in [1.29, 1.82) is 0 Å².